The third-order valence-electron chi connectivity index (χ3n) is 8.36. The number of aliphatic hydroxyl groups excluding tert-OH is 1. The Morgan fingerprint density at radius 1 is 0.651 bits per heavy atom. The Bertz CT molecular complexity index is 823. The SMILES string of the molecule is CCCCCCCCCC(=O)c1ccc([O-])c(C(=O)O)c1.CCCCCCCCCCCCCCCC[N+](C)(C)CCO. The Morgan fingerprint density at radius 3 is 1.49 bits per heavy atom. The van der Waals surface area contributed by atoms with Gasteiger partial charge >= 0.3 is 5.97 Å². The number of hydrogen-bond acceptors (Lipinski definition) is 4. The van der Waals surface area contributed by atoms with Crippen LogP contribution >= 0.6 is 0 Å². The molecule has 0 fully saturated rings. The number of carbonyl (C=O) groups is 2. The molecular formula is C37H67NO5. The standard InChI is InChI=1S/C20H44NO.C17H24O4/c1-4-5-6-7-8-9-10-11-12-13-14-15-16-17-18-21(2,3)19-20-22;1-2-3-4-5-6-7-8-9-15(18)13-10-11-16(19)14(12-13)17(20)21/h22H,4-20H2,1-3H3;10-12,19H,2-9H2,1H3,(H,20,21)/q+1;/p-1. The van der Waals surface area contributed by atoms with Gasteiger partial charge in [0, 0.05) is 12.0 Å². The minimum atomic E-state index is -1.29. The van der Waals surface area contributed by atoms with Crippen molar-refractivity contribution in [3.63, 3.8) is 0 Å². The fourth-order valence-corrected chi connectivity index (χ4v) is 5.37. The Kier molecular flexibility index (Phi) is 26.4. The van der Waals surface area contributed by atoms with Crippen LogP contribution in [0.15, 0.2) is 18.2 Å². The van der Waals surface area contributed by atoms with Crippen LogP contribution in [0.25, 0.3) is 0 Å². The molecule has 0 saturated carbocycles. The zero-order valence-electron chi connectivity index (χ0n) is 28.5. The van der Waals surface area contributed by atoms with Gasteiger partial charge in [0.05, 0.1) is 32.8 Å². The summed E-state index contributed by atoms with van der Waals surface area (Å²) in [7, 11) is 4.44. The highest BCUT2D eigenvalue weighted by atomic mass is 16.4. The highest BCUT2D eigenvalue weighted by molar-refractivity contribution is 5.99. The minimum absolute atomic E-state index is 0.0916. The smallest absolute Gasteiger partial charge is 0.335 e. The van der Waals surface area contributed by atoms with Crippen molar-refractivity contribution < 1.29 is 29.4 Å². The van der Waals surface area contributed by atoms with Gasteiger partial charge in [0.2, 0.25) is 0 Å². The van der Waals surface area contributed by atoms with Crippen molar-refractivity contribution >= 4 is 11.8 Å². The summed E-state index contributed by atoms with van der Waals surface area (Å²) >= 11 is 0. The van der Waals surface area contributed by atoms with Gasteiger partial charge in [-0.3, -0.25) is 4.79 Å². The number of carboxylic acid groups (broad SMARTS) is 1. The molecule has 0 aromatic heterocycles. The van der Waals surface area contributed by atoms with Crippen LogP contribution in [0.2, 0.25) is 0 Å². The number of hydrogen-bond donors (Lipinski definition) is 2. The van der Waals surface area contributed by atoms with Gasteiger partial charge in [0.15, 0.2) is 5.78 Å². The zero-order valence-corrected chi connectivity index (χ0v) is 28.5. The Labute approximate surface area is 264 Å². The maximum atomic E-state index is 12.0. The quantitative estimate of drug-likeness (QED) is 0.0591. The van der Waals surface area contributed by atoms with Crippen molar-refractivity contribution in [1.82, 2.24) is 0 Å². The lowest BCUT2D eigenvalue weighted by Gasteiger charge is -2.28. The fourth-order valence-electron chi connectivity index (χ4n) is 5.37. The Balaban J connectivity index is 0.000000821. The maximum absolute atomic E-state index is 12.0. The van der Waals surface area contributed by atoms with Crippen LogP contribution in [-0.4, -0.2) is 60.2 Å². The normalized spacial score (nSPS) is 11.3. The van der Waals surface area contributed by atoms with Crippen molar-refractivity contribution in [2.75, 3.05) is 33.8 Å². The van der Waals surface area contributed by atoms with E-state index in [9.17, 15) is 14.7 Å². The summed E-state index contributed by atoms with van der Waals surface area (Å²) in [5, 5.41) is 29.2. The highest BCUT2D eigenvalue weighted by Gasteiger charge is 2.13. The summed E-state index contributed by atoms with van der Waals surface area (Å²) in [6, 6.07) is 3.76. The number of benzene rings is 1. The molecule has 6 nitrogen and oxygen atoms in total. The van der Waals surface area contributed by atoms with Crippen LogP contribution in [0.1, 0.15) is 176 Å². The van der Waals surface area contributed by atoms with E-state index in [1.54, 1.807) is 0 Å². The van der Waals surface area contributed by atoms with Gasteiger partial charge in [0.25, 0.3) is 0 Å². The maximum Gasteiger partial charge on any atom is 0.335 e. The third-order valence-corrected chi connectivity index (χ3v) is 8.36. The van der Waals surface area contributed by atoms with Crippen LogP contribution in [0, 0.1) is 0 Å². The van der Waals surface area contributed by atoms with Gasteiger partial charge in [-0.2, -0.15) is 0 Å². The number of nitrogens with zero attached hydrogens (tertiary/aromatic N) is 1. The molecule has 43 heavy (non-hydrogen) atoms. The molecule has 0 aliphatic carbocycles. The number of aliphatic hydroxyl groups is 1. The number of ketones is 1. The number of likely N-dealkylation sites (N-methyl/N-ethyl adjacent to an activating group) is 1. The molecule has 0 bridgehead atoms. The molecular weight excluding hydrogens is 538 g/mol. The summed E-state index contributed by atoms with van der Waals surface area (Å²) < 4.78 is 0.967. The molecule has 0 spiro atoms. The highest BCUT2D eigenvalue weighted by Crippen LogP contribution is 2.18. The van der Waals surface area contributed by atoms with E-state index in [4.69, 9.17) is 10.2 Å². The molecule has 250 valence electrons. The fraction of sp³-hybridized carbons (Fsp3) is 0.784. The molecule has 0 aliphatic heterocycles. The van der Waals surface area contributed by atoms with Gasteiger partial charge in [-0.1, -0.05) is 147 Å². The summed E-state index contributed by atoms with van der Waals surface area (Å²) in [4.78, 5) is 22.8. The number of unbranched alkanes of at least 4 members (excludes halogenated alkanes) is 19. The first-order chi connectivity index (χ1) is 20.7. The van der Waals surface area contributed by atoms with E-state index in [2.05, 4.69) is 27.9 Å². The predicted molar refractivity (Wildman–Crippen MR) is 179 cm³/mol. The van der Waals surface area contributed by atoms with Gasteiger partial charge in [-0.05, 0) is 25.3 Å². The molecule has 0 radical (unpaired) electrons. The van der Waals surface area contributed by atoms with Crippen molar-refractivity contribution in [1.29, 1.82) is 0 Å². The van der Waals surface area contributed by atoms with Crippen molar-refractivity contribution in [2.45, 2.75) is 155 Å². The van der Waals surface area contributed by atoms with Gasteiger partial charge in [0.1, 0.15) is 6.54 Å². The van der Waals surface area contributed by atoms with Crippen molar-refractivity contribution in [3.8, 4) is 5.75 Å². The molecule has 0 atom stereocenters. The van der Waals surface area contributed by atoms with Crippen molar-refractivity contribution in [3.05, 3.63) is 29.3 Å². The van der Waals surface area contributed by atoms with E-state index in [0.717, 1.165) is 36.4 Å². The molecule has 0 heterocycles. The topological polar surface area (TPSA) is 97.7 Å². The summed E-state index contributed by atoms with van der Waals surface area (Å²) in [6.45, 7) is 6.87. The van der Waals surface area contributed by atoms with Crippen LogP contribution in [0.5, 0.6) is 5.75 Å². The molecule has 0 aliphatic rings. The second-order valence-corrected chi connectivity index (χ2v) is 13.0. The number of carboxylic acids is 1. The molecule has 1 aromatic carbocycles. The lowest BCUT2D eigenvalue weighted by Crippen LogP contribution is -2.42. The molecule has 1 aromatic rings. The largest absolute Gasteiger partial charge is 0.872 e. The molecule has 0 saturated heterocycles. The van der Waals surface area contributed by atoms with Crippen LogP contribution in [0.4, 0.5) is 0 Å². The Morgan fingerprint density at radius 2 is 1.07 bits per heavy atom. The summed E-state index contributed by atoms with van der Waals surface area (Å²) in [5.74, 6) is -1.94. The average molecular weight is 606 g/mol. The van der Waals surface area contributed by atoms with Crippen molar-refractivity contribution in [2.24, 2.45) is 0 Å². The second-order valence-electron chi connectivity index (χ2n) is 13.0. The lowest BCUT2D eigenvalue weighted by atomic mass is 10.0. The Hall–Kier alpha value is -1.92. The number of aromatic carboxylic acids is 1. The van der Waals surface area contributed by atoms with E-state index in [1.165, 1.54) is 134 Å². The predicted octanol–water partition coefficient (Wildman–Crippen LogP) is 9.32. The van der Waals surface area contributed by atoms with Crippen LogP contribution < -0.4 is 5.11 Å². The molecule has 0 unspecified atom stereocenters. The first kappa shape index (κ1) is 41.1. The first-order valence-electron chi connectivity index (χ1n) is 17.7. The summed E-state index contributed by atoms with van der Waals surface area (Å²) in [6.07, 6.45) is 28.2. The monoisotopic (exact) mass is 606 g/mol. The van der Waals surface area contributed by atoms with Gasteiger partial charge < -0.3 is 19.8 Å². The van der Waals surface area contributed by atoms with Gasteiger partial charge in [-0.15, -0.1) is 0 Å². The molecule has 6 heteroatoms. The van der Waals surface area contributed by atoms with E-state index in [1.807, 2.05) is 0 Å². The third kappa shape index (κ3) is 24.1. The zero-order chi connectivity index (χ0) is 32.2. The molecule has 2 N–H and O–H groups in total. The molecule has 1 rings (SSSR count). The van der Waals surface area contributed by atoms with E-state index in [0.29, 0.717) is 18.6 Å². The number of quaternary nitrogens is 1. The second kappa shape index (κ2) is 27.6. The average Bonchev–Trinajstić information content (AvgIpc) is 2.97. The number of Topliss-reactive ketones (excluding diaryl/α,β-unsaturated/α-hetero) is 1. The van der Waals surface area contributed by atoms with E-state index >= 15 is 0 Å². The minimum Gasteiger partial charge on any atom is -0.872 e. The van der Waals surface area contributed by atoms with Crippen LogP contribution in [0.3, 0.4) is 0 Å². The van der Waals surface area contributed by atoms with E-state index < -0.39 is 11.7 Å². The number of rotatable bonds is 27. The van der Waals surface area contributed by atoms with Gasteiger partial charge in [-0.25, -0.2) is 4.79 Å². The lowest BCUT2D eigenvalue weighted by molar-refractivity contribution is -0.890. The molecule has 0 amide bonds. The number of carbonyl (C=O) groups excluding carboxylic acids is 1. The van der Waals surface area contributed by atoms with Crippen LogP contribution in [-0.2, 0) is 0 Å². The first-order valence-corrected chi connectivity index (χ1v) is 17.7. The van der Waals surface area contributed by atoms with E-state index in [-0.39, 0.29) is 11.3 Å². The summed E-state index contributed by atoms with van der Waals surface area (Å²) in [5.41, 5.74) is -0.0154.